The summed E-state index contributed by atoms with van der Waals surface area (Å²) in [6, 6.07) is 11.6. The highest BCUT2D eigenvalue weighted by atomic mass is 35.5. The van der Waals surface area contributed by atoms with Crippen molar-refractivity contribution in [1.29, 1.82) is 0 Å². The van der Waals surface area contributed by atoms with Crippen LogP contribution in [0.1, 0.15) is 54.6 Å². The fourth-order valence-corrected chi connectivity index (χ4v) is 4.14. The Hall–Kier alpha value is -1.82. The van der Waals surface area contributed by atoms with Gasteiger partial charge in [0.25, 0.3) is 0 Å². The molecule has 3 aromatic rings. The molecule has 0 bridgehead atoms. The highest BCUT2D eigenvalue weighted by molar-refractivity contribution is 7.16. The number of carbonyl (C=O) groups excluding carboxylic acids is 1. The Bertz CT molecular complexity index is 914. The van der Waals surface area contributed by atoms with Crippen molar-refractivity contribution in [3.63, 3.8) is 0 Å². The first-order chi connectivity index (χ1) is 13.7. The number of ether oxygens (including phenoxy) is 1. The number of hydrogen-bond acceptors (Lipinski definition) is 5. The number of fused-ring (bicyclic) bond motifs is 1. The van der Waals surface area contributed by atoms with Gasteiger partial charge in [-0.05, 0) is 37.7 Å². The largest absolute Gasteiger partial charge is 0.483 e. The van der Waals surface area contributed by atoms with Gasteiger partial charge in [0, 0.05) is 18.4 Å². The topological polar surface area (TPSA) is 42.7 Å². The van der Waals surface area contributed by atoms with Gasteiger partial charge in [-0.1, -0.05) is 56.7 Å². The van der Waals surface area contributed by atoms with Gasteiger partial charge in [0.1, 0.15) is 18.0 Å². The molecule has 0 fully saturated rings. The maximum absolute atomic E-state index is 13.3. The number of benzene rings is 1. The SMILES string of the molecule is CCCCc1oc2ccccc2c1C(=O)c1ccc(OCCN(CC)CC)s1.Cl. The van der Waals surface area contributed by atoms with Crippen LogP contribution in [0.15, 0.2) is 40.8 Å². The third-order valence-electron chi connectivity index (χ3n) is 5.00. The summed E-state index contributed by atoms with van der Waals surface area (Å²) < 4.78 is 11.9. The number of unbranched alkanes of at least 4 members (excludes halogenated alkanes) is 1. The number of ketones is 1. The Balaban J connectivity index is 0.00000300. The van der Waals surface area contributed by atoms with Gasteiger partial charge in [0.05, 0.1) is 10.4 Å². The molecule has 0 amide bonds. The minimum atomic E-state index is 0. The molecule has 6 heteroatoms. The standard InChI is InChI=1S/C23H29NO3S.ClH/c1-4-7-11-19-22(17-10-8-9-12-18(17)27-19)23(25)20-13-14-21(28-20)26-16-15-24(5-2)6-3;/h8-10,12-14H,4-7,11,15-16H2,1-3H3;1H. The summed E-state index contributed by atoms with van der Waals surface area (Å²) in [7, 11) is 0. The average molecular weight is 436 g/mol. The molecule has 2 heterocycles. The fraction of sp³-hybridized carbons (Fsp3) is 0.435. The molecule has 3 rings (SSSR count). The molecule has 0 aliphatic heterocycles. The maximum Gasteiger partial charge on any atom is 0.207 e. The number of nitrogens with zero attached hydrogens (tertiary/aromatic N) is 1. The first-order valence-corrected chi connectivity index (χ1v) is 11.0. The average Bonchev–Trinajstić information content (AvgIpc) is 3.33. The van der Waals surface area contributed by atoms with Gasteiger partial charge in [0.15, 0.2) is 5.06 Å². The lowest BCUT2D eigenvalue weighted by Crippen LogP contribution is -2.27. The number of likely N-dealkylation sites (N-methyl/N-ethyl adjacent to an activating group) is 1. The van der Waals surface area contributed by atoms with Crippen LogP contribution < -0.4 is 4.74 Å². The van der Waals surface area contributed by atoms with Crippen molar-refractivity contribution in [3.8, 4) is 5.06 Å². The second-order valence-corrected chi connectivity index (χ2v) is 7.87. The van der Waals surface area contributed by atoms with Gasteiger partial charge in [-0.3, -0.25) is 4.79 Å². The molecular weight excluding hydrogens is 406 g/mol. The second kappa shape index (κ2) is 11.4. The van der Waals surface area contributed by atoms with E-state index in [1.807, 2.05) is 36.4 Å². The van der Waals surface area contributed by atoms with Crippen molar-refractivity contribution in [3.05, 3.63) is 52.6 Å². The predicted octanol–water partition coefficient (Wildman–Crippen LogP) is 6.21. The van der Waals surface area contributed by atoms with Gasteiger partial charge in [-0.25, -0.2) is 0 Å². The maximum atomic E-state index is 13.3. The molecule has 2 aromatic heterocycles. The predicted molar refractivity (Wildman–Crippen MR) is 123 cm³/mol. The van der Waals surface area contributed by atoms with E-state index in [1.165, 1.54) is 11.3 Å². The summed E-state index contributed by atoms with van der Waals surface area (Å²) in [4.78, 5) is 16.3. The quantitative estimate of drug-likeness (QED) is 0.336. The number of thiophene rings is 1. The first kappa shape index (κ1) is 23.5. The van der Waals surface area contributed by atoms with E-state index in [-0.39, 0.29) is 18.2 Å². The lowest BCUT2D eigenvalue weighted by atomic mass is 10.0. The van der Waals surface area contributed by atoms with Gasteiger partial charge in [-0.2, -0.15) is 0 Å². The Morgan fingerprint density at radius 2 is 1.86 bits per heavy atom. The van der Waals surface area contributed by atoms with Crippen LogP contribution in [0.2, 0.25) is 0 Å². The molecule has 29 heavy (non-hydrogen) atoms. The van der Waals surface area contributed by atoms with Crippen LogP contribution in [0.4, 0.5) is 0 Å². The van der Waals surface area contributed by atoms with E-state index in [1.54, 1.807) is 0 Å². The highest BCUT2D eigenvalue weighted by Crippen LogP contribution is 2.33. The van der Waals surface area contributed by atoms with Crippen LogP contribution in [0.5, 0.6) is 5.06 Å². The number of hydrogen-bond donors (Lipinski definition) is 0. The molecule has 158 valence electrons. The molecule has 0 atom stereocenters. The molecule has 0 unspecified atom stereocenters. The highest BCUT2D eigenvalue weighted by Gasteiger charge is 2.23. The van der Waals surface area contributed by atoms with Gasteiger partial charge in [0.2, 0.25) is 5.78 Å². The molecular formula is C23H30ClNO3S. The summed E-state index contributed by atoms with van der Waals surface area (Å²) in [6.45, 7) is 10.00. The lowest BCUT2D eigenvalue weighted by Gasteiger charge is -2.17. The molecule has 4 nitrogen and oxygen atoms in total. The van der Waals surface area contributed by atoms with Crippen molar-refractivity contribution >= 4 is 40.5 Å². The third-order valence-corrected chi connectivity index (χ3v) is 6.00. The minimum absolute atomic E-state index is 0. The normalized spacial score (nSPS) is 11.0. The van der Waals surface area contributed by atoms with Crippen molar-refractivity contribution in [2.24, 2.45) is 0 Å². The number of furan rings is 1. The molecule has 0 saturated heterocycles. The van der Waals surface area contributed by atoms with E-state index in [4.69, 9.17) is 9.15 Å². The van der Waals surface area contributed by atoms with Crippen LogP contribution >= 0.6 is 23.7 Å². The van der Waals surface area contributed by atoms with Gasteiger partial charge >= 0.3 is 0 Å². The second-order valence-electron chi connectivity index (χ2n) is 6.82. The van der Waals surface area contributed by atoms with Crippen LogP contribution in [-0.2, 0) is 6.42 Å². The molecule has 0 spiro atoms. The zero-order valence-electron chi connectivity index (χ0n) is 17.4. The van der Waals surface area contributed by atoms with Crippen LogP contribution in [0.3, 0.4) is 0 Å². The van der Waals surface area contributed by atoms with Crippen molar-refractivity contribution in [1.82, 2.24) is 4.90 Å². The molecule has 0 radical (unpaired) electrons. The number of rotatable bonds is 11. The molecule has 0 aliphatic carbocycles. The lowest BCUT2D eigenvalue weighted by molar-refractivity contribution is 0.104. The minimum Gasteiger partial charge on any atom is -0.483 e. The summed E-state index contributed by atoms with van der Waals surface area (Å²) >= 11 is 1.42. The van der Waals surface area contributed by atoms with Crippen molar-refractivity contribution in [2.45, 2.75) is 40.0 Å². The smallest absolute Gasteiger partial charge is 0.207 e. The molecule has 0 saturated carbocycles. The summed E-state index contributed by atoms with van der Waals surface area (Å²) in [6.07, 6.45) is 2.85. The Morgan fingerprint density at radius 1 is 1.10 bits per heavy atom. The van der Waals surface area contributed by atoms with Crippen LogP contribution in [0, 0.1) is 0 Å². The van der Waals surface area contributed by atoms with Crippen molar-refractivity contribution < 1.29 is 13.9 Å². The summed E-state index contributed by atoms with van der Waals surface area (Å²) in [5, 5.41) is 1.69. The zero-order chi connectivity index (χ0) is 19.9. The molecule has 1 aromatic carbocycles. The zero-order valence-corrected chi connectivity index (χ0v) is 19.0. The van der Waals surface area contributed by atoms with E-state index >= 15 is 0 Å². The van der Waals surface area contributed by atoms with Crippen LogP contribution in [0.25, 0.3) is 11.0 Å². The summed E-state index contributed by atoms with van der Waals surface area (Å²) in [5.41, 5.74) is 1.49. The van der Waals surface area contributed by atoms with E-state index in [9.17, 15) is 4.79 Å². The number of carbonyl (C=O) groups is 1. The van der Waals surface area contributed by atoms with Crippen molar-refractivity contribution in [2.75, 3.05) is 26.2 Å². The van der Waals surface area contributed by atoms with E-state index in [2.05, 4.69) is 25.7 Å². The van der Waals surface area contributed by atoms with Crippen LogP contribution in [-0.4, -0.2) is 36.9 Å². The Kier molecular flexibility index (Phi) is 9.21. The fourth-order valence-electron chi connectivity index (χ4n) is 3.32. The van der Waals surface area contributed by atoms with E-state index in [0.29, 0.717) is 17.0 Å². The number of para-hydroxylation sites is 1. The molecule has 0 N–H and O–H groups in total. The van der Waals surface area contributed by atoms with E-state index < -0.39 is 0 Å². The van der Waals surface area contributed by atoms with Gasteiger partial charge in [-0.15, -0.1) is 12.4 Å². The Morgan fingerprint density at radius 3 is 2.59 bits per heavy atom. The monoisotopic (exact) mass is 435 g/mol. The van der Waals surface area contributed by atoms with Gasteiger partial charge < -0.3 is 14.1 Å². The first-order valence-electron chi connectivity index (χ1n) is 10.2. The molecule has 0 aliphatic rings. The Labute approximate surface area is 183 Å². The number of halogens is 1. The third kappa shape index (κ3) is 5.62. The van der Waals surface area contributed by atoms with E-state index in [0.717, 1.165) is 60.7 Å². The number of aryl methyl sites for hydroxylation is 1. The summed E-state index contributed by atoms with van der Waals surface area (Å²) in [5.74, 6) is 0.824.